The van der Waals surface area contributed by atoms with Crippen molar-refractivity contribution < 1.29 is 28.6 Å². The minimum absolute atomic E-state index is 0.111. The standard InChI is InChI=1S/C53H88O6/c1-4-7-10-13-16-19-22-25-26-27-29-31-34-37-40-43-46-52(55)58-49-50(48-57-51(54)45-42-39-36-33-30-24-21-18-15-12-9-6-3)59-53(56)47-44-41-38-35-32-28-23-20-17-14-11-8-5-2/h7,10,16,18-19,21,25-26,28-29,31-32,37,40,50H,4-6,8-9,11-15,17,20,22-24,27,30,33-36,38-39,41-49H2,1-3H3/b10-7-,19-16-,21-18-,26-25-,31-29-,32-28-,40-37-. The highest BCUT2D eigenvalue weighted by atomic mass is 16.6. The molecule has 0 bridgehead atoms. The van der Waals surface area contributed by atoms with Gasteiger partial charge in [0.1, 0.15) is 13.2 Å². The molecular weight excluding hydrogens is 733 g/mol. The highest BCUT2D eigenvalue weighted by molar-refractivity contribution is 5.71. The van der Waals surface area contributed by atoms with Gasteiger partial charge in [-0.15, -0.1) is 0 Å². The summed E-state index contributed by atoms with van der Waals surface area (Å²) in [5, 5.41) is 0. The third-order valence-electron chi connectivity index (χ3n) is 9.87. The summed E-state index contributed by atoms with van der Waals surface area (Å²) in [6.07, 6.45) is 60.0. The maximum Gasteiger partial charge on any atom is 0.306 e. The van der Waals surface area contributed by atoms with Crippen molar-refractivity contribution in [3.8, 4) is 0 Å². The van der Waals surface area contributed by atoms with Crippen molar-refractivity contribution in [3.05, 3.63) is 85.1 Å². The Bertz CT molecular complexity index is 1170. The Balaban J connectivity index is 4.53. The number of hydrogen-bond donors (Lipinski definition) is 0. The fourth-order valence-electron chi connectivity index (χ4n) is 6.24. The van der Waals surface area contributed by atoms with E-state index < -0.39 is 6.10 Å². The highest BCUT2D eigenvalue weighted by Crippen LogP contribution is 2.12. The average Bonchev–Trinajstić information content (AvgIpc) is 3.23. The average molecular weight is 821 g/mol. The molecule has 0 saturated heterocycles. The molecule has 0 aromatic carbocycles. The van der Waals surface area contributed by atoms with Crippen LogP contribution in [0.15, 0.2) is 85.1 Å². The van der Waals surface area contributed by atoms with Gasteiger partial charge in [-0.3, -0.25) is 14.4 Å². The van der Waals surface area contributed by atoms with E-state index >= 15 is 0 Å². The quantitative estimate of drug-likeness (QED) is 0.0264. The van der Waals surface area contributed by atoms with Crippen LogP contribution in [0, 0.1) is 0 Å². The normalized spacial score (nSPS) is 12.8. The maximum atomic E-state index is 12.7. The Kier molecular flexibility index (Phi) is 44.5. The monoisotopic (exact) mass is 821 g/mol. The summed E-state index contributed by atoms with van der Waals surface area (Å²) < 4.78 is 16.6. The summed E-state index contributed by atoms with van der Waals surface area (Å²) in [7, 11) is 0. The molecule has 0 aromatic rings. The second-order valence-electron chi connectivity index (χ2n) is 15.6. The van der Waals surface area contributed by atoms with Gasteiger partial charge in [-0.05, 0) is 103 Å². The van der Waals surface area contributed by atoms with Crippen LogP contribution in [-0.2, 0) is 28.6 Å². The lowest BCUT2D eigenvalue weighted by Crippen LogP contribution is -2.30. The minimum atomic E-state index is -0.816. The van der Waals surface area contributed by atoms with Crippen LogP contribution in [0.3, 0.4) is 0 Å². The van der Waals surface area contributed by atoms with Crippen LogP contribution in [0.4, 0.5) is 0 Å². The first-order chi connectivity index (χ1) is 29.0. The van der Waals surface area contributed by atoms with Gasteiger partial charge >= 0.3 is 17.9 Å². The lowest BCUT2D eigenvalue weighted by atomic mass is 10.1. The van der Waals surface area contributed by atoms with Crippen molar-refractivity contribution in [3.63, 3.8) is 0 Å². The summed E-state index contributed by atoms with van der Waals surface area (Å²) in [6.45, 7) is 6.39. The molecule has 1 unspecified atom stereocenters. The Labute approximate surface area is 363 Å². The van der Waals surface area contributed by atoms with Crippen LogP contribution in [0.25, 0.3) is 0 Å². The predicted molar refractivity (Wildman–Crippen MR) is 251 cm³/mol. The highest BCUT2D eigenvalue weighted by Gasteiger charge is 2.19. The molecule has 6 nitrogen and oxygen atoms in total. The second kappa shape index (κ2) is 47.3. The largest absolute Gasteiger partial charge is 0.462 e. The minimum Gasteiger partial charge on any atom is -0.462 e. The molecule has 0 heterocycles. The number of carbonyl (C=O) groups excluding carboxylic acids is 3. The van der Waals surface area contributed by atoms with E-state index in [4.69, 9.17) is 14.2 Å². The van der Waals surface area contributed by atoms with Gasteiger partial charge in [0, 0.05) is 19.3 Å². The van der Waals surface area contributed by atoms with E-state index in [1.54, 1.807) is 0 Å². The Morgan fingerprint density at radius 3 is 1.19 bits per heavy atom. The zero-order valence-corrected chi connectivity index (χ0v) is 38.2. The van der Waals surface area contributed by atoms with E-state index in [2.05, 4.69) is 93.7 Å². The molecule has 0 fully saturated rings. The third-order valence-corrected chi connectivity index (χ3v) is 9.87. The third kappa shape index (κ3) is 45.5. The van der Waals surface area contributed by atoms with Crippen LogP contribution < -0.4 is 0 Å². The molecule has 336 valence electrons. The van der Waals surface area contributed by atoms with Crippen LogP contribution >= 0.6 is 0 Å². The molecule has 59 heavy (non-hydrogen) atoms. The molecule has 6 heteroatoms. The van der Waals surface area contributed by atoms with Crippen molar-refractivity contribution in [2.45, 2.75) is 219 Å². The van der Waals surface area contributed by atoms with Crippen LogP contribution in [0.2, 0.25) is 0 Å². The second-order valence-corrected chi connectivity index (χ2v) is 15.6. The first kappa shape index (κ1) is 55.6. The van der Waals surface area contributed by atoms with E-state index in [0.717, 1.165) is 96.3 Å². The number of unbranched alkanes of at least 4 members (excludes halogenated alkanes) is 17. The summed E-state index contributed by atoms with van der Waals surface area (Å²) in [4.78, 5) is 37.8. The van der Waals surface area contributed by atoms with E-state index in [1.807, 2.05) is 12.2 Å². The summed E-state index contributed by atoms with van der Waals surface area (Å²) >= 11 is 0. The molecule has 0 aliphatic heterocycles. The molecule has 0 N–H and O–H groups in total. The van der Waals surface area contributed by atoms with Gasteiger partial charge in [-0.2, -0.15) is 0 Å². The molecule has 0 spiro atoms. The van der Waals surface area contributed by atoms with Crippen molar-refractivity contribution >= 4 is 17.9 Å². The Morgan fingerprint density at radius 2 is 0.695 bits per heavy atom. The molecule has 0 rings (SSSR count). The van der Waals surface area contributed by atoms with Crippen molar-refractivity contribution in [1.29, 1.82) is 0 Å². The Morgan fingerprint density at radius 1 is 0.356 bits per heavy atom. The lowest BCUT2D eigenvalue weighted by molar-refractivity contribution is -0.166. The maximum absolute atomic E-state index is 12.7. The van der Waals surface area contributed by atoms with E-state index in [0.29, 0.717) is 19.3 Å². The zero-order chi connectivity index (χ0) is 43.0. The van der Waals surface area contributed by atoms with Crippen molar-refractivity contribution in [2.24, 2.45) is 0 Å². The van der Waals surface area contributed by atoms with Crippen molar-refractivity contribution in [1.82, 2.24) is 0 Å². The van der Waals surface area contributed by atoms with Gasteiger partial charge in [-0.1, -0.05) is 176 Å². The number of hydrogen-bond acceptors (Lipinski definition) is 6. The number of allylic oxidation sites excluding steroid dienone is 14. The van der Waals surface area contributed by atoms with Crippen LogP contribution in [0.5, 0.6) is 0 Å². The fourth-order valence-corrected chi connectivity index (χ4v) is 6.24. The molecule has 0 radical (unpaired) electrons. The molecule has 0 aliphatic carbocycles. The lowest BCUT2D eigenvalue weighted by Gasteiger charge is -2.18. The fraction of sp³-hybridized carbons (Fsp3) is 0.679. The zero-order valence-electron chi connectivity index (χ0n) is 38.2. The van der Waals surface area contributed by atoms with Gasteiger partial charge in [0.2, 0.25) is 0 Å². The first-order valence-electron chi connectivity index (χ1n) is 24.1. The number of carbonyl (C=O) groups is 3. The van der Waals surface area contributed by atoms with E-state index in [-0.39, 0.29) is 37.5 Å². The van der Waals surface area contributed by atoms with Crippen molar-refractivity contribution in [2.75, 3.05) is 13.2 Å². The predicted octanol–water partition coefficient (Wildman–Crippen LogP) is 15.6. The van der Waals surface area contributed by atoms with E-state index in [9.17, 15) is 14.4 Å². The molecule has 0 saturated carbocycles. The topological polar surface area (TPSA) is 78.9 Å². The number of esters is 3. The molecular formula is C53H88O6. The molecule has 0 aromatic heterocycles. The van der Waals surface area contributed by atoms with Gasteiger partial charge in [0.05, 0.1) is 0 Å². The van der Waals surface area contributed by atoms with E-state index in [1.165, 1.54) is 70.6 Å². The molecule has 0 aliphatic rings. The van der Waals surface area contributed by atoms with Gasteiger partial charge in [-0.25, -0.2) is 0 Å². The number of ether oxygens (including phenoxy) is 3. The van der Waals surface area contributed by atoms with Gasteiger partial charge < -0.3 is 14.2 Å². The smallest absolute Gasteiger partial charge is 0.306 e. The van der Waals surface area contributed by atoms with Crippen LogP contribution in [0.1, 0.15) is 213 Å². The summed E-state index contributed by atoms with van der Waals surface area (Å²) in [6, 6.07) is 0. The Hall–Kier alpha value is -3.41. The van der Waals surface area contributed by atoms with Crippen LogP contribution in [-0.4, -0.2) is 37.2 Å². The summed E-state index contributed by atoms with van der Waals surface area (Å²) in [5.41, 5.74) is 0. The first-order valence-corrected chi connectivity index (χ1v) is 24.1. The van der Waals surface area contributed by atoms with Gasteiger partial charge in [0.25, 0.3) is 0 Å². The SMILES string of the molecule is CC/C=C\C/C=C\C/C=C\C/C=C\C/C=C\CCC(=O)OCC(COC(=O)CCCCCCC/C=C\CCCCC)OC(=O)CCCCC/C=C\CCCCCCCC. The molecule has 0 amide bonds. The summed E-state index contributed by atoms with van der Waals surface area (Å²) in [5.74, 6) is -1.03. The van der Waals surface area contributed by atoms with Gasteiger partial charge in [0.15, 0.2) is 6.10 Å². The number of rotatable bonds is 42. The molecule has 1 atom stereocenters.